The van der Waals surface area contributed by atoms with E-state index in [1.807, 2.05) is 12.1 Å². The summed E-state index contributed by atoms with van der Waals surface area (Å²) in [7, 11) is 0. The number of fused-ring (bicyclic) bond motifs is 1. The topological polar surface area (TPSA) is 98.4 Å². The van der Waals surface area contributed by atoms with E-state index in [0.29, 0.717) is 11.0 Å². The third-order valence-electron chi connectivity index (χ3n) is 1.91. The van der Waals surface area contributed by atoms with Crippen molar-refractivity contribution in [1.82, 2.24) is 9.97 Å². The molecule has 0 bridgehead atoms. The standard InChI is InChI=1S/C10H2N5.Li/c11-3-6-1-8-9(2-7(6)4-12)15-10(5-13)14-8;/h1-2H;/q-1;+1. The molecule has 0 atom stereocenters. The van der Waals surface area contributed by atoms with E-state index in [2.05, 4.69) is 9.97 Å². The van der Waals surface area contributed by atoms with Gasteiger partial charge in [0.2, 0.25) is 0 Å². The van der Waals surface area contributed by atoms with E-state index in [4.69, 9.17) is 15.8 Å². The van der Waals surface area contributed by atoms with Crippen LogP contribution in [0, 0.1) is 34.0 Å². The van der Waals surface area contributed by atoms with Crippen LogP contribution in [-0.4, -0.2) is 4.98 Å². The number of aromatic nitrogens is 2. The number of hydrogen-bond donors (Lipinski definition) is 0. The first kappa shape index (κ1) is 11.8. The first-order valence-electron chi connectivity index (χ1n) is 3.97. The maximum absolute atomic E-state index is 8.76. The fraction of sp³-hybridized carbons (Fsp3) is 0. The van der Waals surface area contributed by atoms with Gasteiger partial charge in [-0.05, 0) is 23.2 Å². The van der Waals surface area contributed by atoms with E-state index in [1.54, 1.807) is 6.07 Å². The van der Waals surface area contributed by atoms with Gasteiger partial charge in [-0.2, -0.15) is 15.8 Å². The molecule has 0 N–H and O–H groups in total. The zero-order chi connectivity index (χ0) is 10.8. The summed E-state index contributed by atoms with van der Waals surface area (Å²) in [6, 6.07) is 8.51. The molecule has 2 rings (SSSR count). The van der Waals surface area contributed by atoms with Crippen molar-refractivity contribution >= 4 is 11.0 Å². The zero-order valence-electron chi connectivity index (χ0n) is 8.39. The average molecular weight is 199 g/mol. The van der Waals surface area contributed by atoms with E-state index in [0.717, 1.165) is 0 Å². The molecule has 0 unspecified atom stereocenters. The molecule has 0 fully saturated rings. The van der Waals surface area contributed by atoms with Crippen LogP contribution >= 0.6 is 0 Å². The van der Waals surface area contributed by atoms with Gasteiger partial charge in [-0.15, -0.1) is 0 Å². The molecule has 5 nitrogen and oxygen atoms in total. The molecule has 68 valence electrons. The van der Waals surface area contributed by atoms with Crippen LogP contribution < -0.4 is 23.8 Å². The maximum Gasteiger partial charge on any atom is 1.00 e. The Morgan fingerprint density at radius 1 is 1.00 bits per heavy atom. The second kappa shape index (κ2) is 4.52. The van der Waals surface area contributed by atoms with Gasteiger partial charge in [-0.3, -0.25) is 0 Å². The molecule has 1 aromatic carbocycles. The molecule has 0 saturated carbocycles. The second-order valence-corrected chi connectivity index (χ2v) is 2.77. The normalized spacial score (nSPS) is 8.56. The van der Waals surface area contributed by atoms with Crippen molar-refractivity contribution in [2.24, 2.45) is 0 Å². The van der Waals surface area contributed by atoms with Crippen LogP contribution in [0.1, 0.15) is 17.0 Å². The first-order chi connectivity index (χ1) is 7.28. The summed E-state index contributed by atoms with van der Waals surface area (Å²) >= 11 is 0. The number of hydrogen-bond acceptors (Lipinski definition) is 4. The van der Waals surface area contributed by atoms with Gasteiger partial charge in [-0.25, -0.2) is 0 Å². The minimum atomic E-state index is 0. The molecular weight excluding hydrogens is 197 g/mol. The van der Waals surface area contributed by atoms with Crippen molar-refractivity contribution in [3.05, 3.63) is 29.1 Å². The van der Waals surface area contributed by atoms with Gasteiger partial charge in [0.05, 0.1) is 17.2 Å². The average Bonchev–Trinajstić information content (AvgIpc) is 2.68. The molecule has 16 heavy (non-hydrogen) atoms. The smallest absolute Gasteiger partial charge is 0.427 e. The van der Waals surface area contributed by atoms with Gasteiger partial charge in [0.1, 0.15) is 12.1 Å². The molecule has 1 aromatic heterocycles. The Hall–Kier alpha value is -2.24. The molecule has 0 aliphatic carbocycles. The van der Waals surface area contributed by atoms with Crippen LogP contribution in [-0.2, 0) is 0 Å². The SMILES string of the molecule is N#Cc1nc2cc(C#N)c(C#N)cc2[n-]1.[Li+]. The molecule has 6 heteroatoms. The van der Waals surface area contributed by atoms with E-state index in [9.17, 15) is 0 Å². The molecule has 2 aromatic rings. The molecule has 1 heterocycles. The molecule has 0 aliphatic rings. The monoisotopic (exact) mass is 199 g/mol. The van der Waals surface area contributed by atoms with Crippen LogP contribution in [0.5, 0.6) is 0 Å². The quantitative estimate of drug-likeness (QED) is 0.449. The number of rotatable bonds is 0. The van der Waals surface area contributed by atoms with E-state index >= 15 is 0 Å². The Morgan fingerprint density at radius 3 is 2.19 bits per heavy atom. The van der Waals surface area contributed by atoms with Crippen molar-refractivity contribution in [3.63, 3.8) is 0 Å². The zero-order valence-corrected chi connectivity index (χ0v) is 8.39. The van der Waals surface area contributed by atoms with Gasteiger partial charge in [0.25, 0.3) is 0 Å². The molecule has 0 saturated heterocycles. The summed E-state index contributed by atoms with van der Waals surface area (Å²) in [5.74, 6) is 0.0454. The van der Waals surface area contributed by atoms with Gasteiger partial charge in [0, 0.05) is 5.82 Å². The van der Waals surface area contributed by atoms with Crippen molar-refractivity contribution in [1.29, 1.82) is 15.8 Å². The van der Waals surface area contributed by atoms with Crippen molar-refractivity contribution in [2.45, 2.75) is 0 Å². The second-order valence-electron chi connectivity index (χ2n) is 2.77. The molecule has 0 radical (unpaired) electrons. The third kappa shape index (κ3) is 1.77. The minimum Gasteiger partial charge on any atom is -0.427 e. The van der Waals surface area contributed by atoms with Crippen LogP contribution in [0.4, 0.5) is 0 Å². The summed E-state index contributed by atoms with van der Waals surface area (Å²) in [5.41, 5.74) is 1.41. The van der Waals surface area contributed by atoms with Crippen LogP contribution in [0.2, 0.25) is 0 Å². The van der Waals surface area contributed by atoms with Gasteiger partial charge in [-0.1, -0.05) is 0 Å². The van der Waals surface area contributed by atoms with E-state index in [-0.39, 0.29) is 35.8 Å². The number of imidazole rings is 1. The van der Waals surface area contributed by atoms with E-state index in [1.165, 1.54) is 12.1 Å². The summed E-state index contributed by atoms with van der Waals surface area (Å²) in [6.07, 6.45) is 0. The van der Waals surface area contributed by atoms with Gasteiger partial charge >= 0.3 is 18.9 Å². The molecule has 0 spiro atoms. The molecular formula is C10H2LiN5. The first-order valence-corrected chi connectivity index (χ1v) is 3.97. The minimum absolute atomic E-state index is 0. The van der Waals surface area contributed by atoms with E-state index < -0.39 is 0 Å². The Kier molecular flexibility index (Phi) is 3.34. The summed E-state index contributed by atoms with van der Waals surface area (Å²) in [6.45, 7) is 0. The Morgan fingerprint density at radius 2 is 1.62 bits per heavy atom. The number of nitriles is 3. The third-order valence-corrected chi connectivity index (χ3v) is 1.91. The van der Waals surface area contributed by atoms with Crippen LogP contribution in [0.15, 0.2) is 12.1 Å². The predicted molar refractivity (Wildman–Crippen MR) is 49.2 cm³/mol. The summed E-state index contributed by atoms with van der Waals surface area (Å²) < 4.78 is 0. The molecule has 0 aliphatic heterocycles. The Labute approximate surface area is 103 Å². The summed E-state index contributed by atoms with van der Waals surface area (Å²) in [4.78, 5) is 7.76. The number of benzene rings is 1. The van der Waals surface area contributed by atoms with Crippen molar-refractivity contribution in [3.8, 4) is 18.2 Å². The van der Waals surface area contributed by atoms with Crippen molar-refractivity contribution in [2.75, 3.05) is 0 Å². The van der Waals surface area contributed by atoms with Crippen LogP contribution in [0.3, 0.4) is 0 Å². The largest absolute Gasteiger partial charge is 1.00 e. The van der Waals surface area contributed by atoms with Gasteiger partial charge < -0.3 is 9.97 Å². The maximum atomic E-state index is 8.76. The fourth-order valence-corrected chi connectivity index (χ4v) is 1.24. The summed E-state index contributed by atoms with van der Waals surface area (Å²) in [5, 5.41) is 26.1. The predicted octanol–water partition coefficient (Wildman–Crippen LogP) is -2.19. The van der Waals surface area contributed by atoms with Crippen LogP contribution in [0.25, 0.3) is 11.0 Å². The number of nitrogens with zero attached hydrogens (tertiary/aromatic N) is 5. The van der Waals surface area contributed by atoms with Gasteiger partial charge in [0.15, 0.2) is 0 Å². The fourth-order valence-electron chi connectivity index (χ4n) is 1.24. The van der Waals surface area contributed by atoms with Crippen molar-refractivity contribution < 1.29 is 18.9 Å². The Balaban J connectivity index is 0.00000128. The molecule has 0 amide bonds. The Bertz CT molecular complexity index is 614.